The number of ether oxygens (including phenoxy) is 1. The van der Waals surface area contributed by atoms with Crippen molar-refractivity contribution in [3.8, 4) is 0 Å². The summed E-state index contributed by atoms with van der Waals surface area (Å²) >= 11 is 4.15. The Morgan fingerprint density at radius 3 is 2.92 bits per heavy atom. The molecule has 0 aromatic rings. The van der Waals surface area contributed by atoms with Crippen LogP contribution in [0, 0.1) is 0 Å². The number of allylic oxidation sites excluding steroid dienone is 2. The average molecular weight is 199 g/mol. The Morgan fingerprint density at radius 2 is 2.38 bits per heavy atom. The van der Waals surface area contributed by atoms with E-state index in [1.807, 2.05) is 0 Å². The Hall–Kier alpha value is -0.900. The number of thiol groups is 1. The standard InChI is InChI=1S/C9H13NO2S/c1-2-12-9(11)6-3-4-7(10)8(13)5-6/h5,13H,2-4,10H2,1H3. The lowest BCUT2D eigenvalue weighted by atomic mass is 10.0. The fourth-order valence-corrected chi connectivity index (χ4v) is 1.38. The van der Waals surface area contributed by atoms with E-state index in [4.69, 9.17) is 10.5 Å². The Kier molecular flexibility index (Phi) is 3.42. The van der Waals surface area contributed by atoms with Crippen molar-refractivity contribution in [2.24, 2.45) is 5.73 Å². The van der Waals surface area contributed by atoms with Crippen LogP contribution < -0.4 is 5.73 Å². The Labute approximate surface area is 83.0 Å². The molecule has 0 radical (unpaired) electrons. The number of esters is 1. The van der Waals surface area contributed by atoms with E-state index < -0.39 is 0 Å². The van der Waals surface area contributed by atoms with Crippen molar-refractivity contribution >= 4 is 18.6 Å². The SMILES string of the molecule is CCOC(=O)C1=CC(S)=C(N)CC1. The number of rotatable bonds is 2. The molecule has 0 unspecified atom stereocenters. The van der Waals surface area contributed by atoms with E-state index in [-0.39, 0.29) is 5.97 Å². The van der Waals surface area contributed by atoms with Gasteiger partial charge in [0.05, 0.1) is 6.61 Å². The molecule has 0 bridgehead atoms. The van der Waals surface area contributed by atoms with Crippen LogP contribution >= 0.6 is 12.6 Å². The predicted molar refractivity (Wildman–Crippen MR) is 54.1 cm³/mol. The molecule has 0 aliphatic heterocycles. The summed E-state index contributed by atoms with van der Waals surface area (Å²) in [5.74, 6) is -0.262. The van der Waals surface area contributed by atoms with Crippen LogP contribution in [0.3, 0.4) is 0 Å². The summed E-state index contributed by atoms with van der Waals surface area (Å²) in [5.41, 5.74) is 7.01. The molecule has 1 aliphatic rings. The van der Waals surface area contributed by atoms with Gasteiger partial charge in [-0.2, -0.15) is 0 Å². The smallest absolute Gasteiger partial charge is 0.334 e. The maximum Gasteiger partial charge on any atom is 0.334 e. The second-order valence-corrected chi connectivity index (χ2v) is 3.28. The minimum absolute atomic E-state index is 0.262. The molecule has 0 spiro atoms. The first kappa shape index (κ1) is 10.2. The molecular weight excluding hydrogens is 186 g/mol. The maximum absolute atomic E-state index is 11.3. The van der Waals surface area contributed by atoms with Crippen molar-refractivity contribution in [3.63, 3.8) is 0 Å². The lowest BCUT2D eigenvalue weighted by Crippen LogP contribution is -2.13. The minimum Gasteiger partial charge on any atom is -0.463 e. The predicted octanol–water partition coefficient (Wildman–Crippen LogP) is 1.37. The number of carbonyl (C=O) groups excluding carboxylic acids is 1. The first-order chi connectivity index (χ1) is 6.15. The molecule has 4 heteroatoms. The van der Waals surface area contributed by atoms with Crippen LogP contribution in [0.1, 0.15) is 19.8 Å². The minimum atomic E-state index is -0.262. The largest absolute Gasteiger partial charge is 0.463 e. The number of hydrogen-bond donors (Lipinski definition) is 2. The summed E-state index contributed by atoms with van der Waals surface area (Å²) in [7, 11) is 0. The normalized spacial score (nSPS) is 16.9. The van der Waals surface area contributed by atoms with Gasteiger partial charge in [-0.05, 0) is 25.8 Å². The molecule has 0 aromatic heterocycles. The molecule has 1 rings (SSSR count). The summed E-state index contributed by atoms with van der Waals surface area (Å²) in [4.78, 5) is 11.9. The third-order valence-electron chi connectivity index (χ3n) is 1.84. The van der Waals surface area contributed by atoms with E-state index in [9.17, 15) is 4.79 Å². The zero-order chi connectivity index (χ0) is 9.84. The molecular formula is C9H13NO2S. The van der Waals surface area contributed by atoms with Gasteiger partial charge in [0.15, 0.2) is 0 Å². The van der Waals surface area contributed by atoms with E-state index in [0.717, 1.165) is 5.70 Å². The average Bonchev–Trinajstić information content (AvgIpc) is 2.10. The van der Waals surface area contributed by atoms with Crippen molar-refractivity contribution < 1.29 is 9.53 Å². The van der Waals surface area contributed by atoms with Crippen molar-refractivity contribution in [2.45, 2.75) is 19.8 Å². The number of nitrogens with two attached hydrogens (primary N) is 1. The Morgan fingerprint density at radius 1 is 1.69 bits per heavy atom. The van der Waals surface area contributed by atoms with Gasteiger partial charge in [0.1, 0.15) is 0 Å². The lowest BCUT2D eigenvalue weighted by Gasteiger charge is -2.13. The quantitative estimate of drug-likeness (QED) is 0.521. The van der Waals surface area contributed by atoms with Gasteiger partial charge in [-0.15, -0.1) is 12.6 Å². The highest BCUT2D eigenvalue weighted by atomic mass is 32.1. The Balaban J connectivity index is 2.73. The second-order valence-electron chi connectivity index (χ2n) is 2.80. The highest BCUT2D eigenvalue weighted by Gasteiger charge is 2.15. The van der Waals surface area contributed by atoms with Crippen molar-refractivity contribution in [1.82, 2.24) is 0 Å². The molecule has 0 aromatic carbocycles. The Bertz CT molecular complexity index is 281. The van der Waals surface area contributed by atoms with Crippen molar-refractivity contribution in [3.05, 3.63) is 22.3 Å². The zero-order valence-electron chi connectivity index (χ0n) is 7.54. The first-order valence-corrected chi connectivity index (χ1v) is 4.65. The second kappa shape index (κ2) is 4.37. The maximum atomic E-state index is 11.3. The summed E-state index contributed by atoms with van der Waals surface area (Å²) < 4.78 is 4.86. The monoisotopic (exact) mass is 199 g/mol. The zero-order valence-corrected chi connectivity index (χ0v) is 8.43. The van der Waals surface area contributed by atoms with E-state index in [1.165, 1.54) is 0 Å². The van der Waals surface area contributed by atoms with Gasteiger partial charge < -0.3 is 10.5 Å². The van der Waals surface area contributed by atoms with Crippen LogP contribution in [0.15, 0.2) is 22.3 Å². The van der Waals surface area contributed by atoms with Gasteiger partial charge in [0, 0.05) is 16.2 Å². The van der Waals surface area contributed by atoms with Crippen LogP contribution in [0.25, 0.3) is 0 Å². The lowest BCUT2D eigenvalue weighted by molar-refractivity contribution is -0.138. The van der Waals surface area contributed by atoms with E-state index in [0.29, 0.717) is 29.9 Å². The molecule has 0 atom stereocenters. The molecule has 3 nitrogen and oxygen atoms in total. The fourth-order valence-electron chi connectivity index (χ4n) is 1.11. The van der Waals surface area contributed by atoms with Gasteiger partial charge in [-0.25, -0.2) is 4.79 Å². The van der Waals surface area contributed by atoms with Crippen molar-refractivity contribution in [1.29, 1.82) is 0 Å². The third kappa shape index (κ3) is 2.52. The summed E-state index contributed by atoms with van der Waals surface area (Å²) in [6.45, 7) is 2.18. The van der Waals surface area contributed by atoms with Gasteiger partial charge in [0.2, 0.25) is 0 Å². The van der Waals surface area contributed by atoms with E-state index >= 15 is 0 Å². The van der Waals surface area contributed by atoms with Gasteiger partial charge in [0.25, 0.3) is 0 Å². The first-order valence-electron chi connectivity index (χ1n) is 4.20. The van der Waals surface area contributed by atoms with Crippen LogP contribution in [0.2, 0.25) is 0 Å². The highest BCUT2D eigenvalue weighted by molar-refractivity contribution is 7.84. The van der Waals surface area contributed by atoms with Gasteiger partial charge in [-0.1, -0.05) is 0 Å². The van der Waals surface area contributed by atoms with Crippen LogP contribution in [-0.4, -0.2) is 12.6 Å². The molecule has 0 saturated carbocycles. The van der Waals surface area contributed by atoms with Crippen molar-refractivity contribution in [2.75, 3.05) is 6.61 Å². The van der Waals surface area contributed by atoms with Crippen LogP contribution in [-0.2, 0) is 9.53 Å². The molecule has 13 heavy (non-hydrogen) atoms. The van der Waals surface area contributed by atoms with E-state index in [2.05, 4.69) is 12.6 Å². The molecule has 0 amide bonds. The molecule has 2 N–H and O–H groups in total. The number of hydrogen-bond acceptors (Lipinski definition) is 4. The summed E-state index contributed by atoms with van der Waals surface area (Å²) in [6, 6.07) is 0. The molecule has 1 aliphatic carbocycles. The molecule has 0 saturated heterocycles. The molecule has 0 fully saturated rings. The van der Waals surface area contributed by atoms with Gasteiger partial charge in [-0.3, -0.25) is 0 Å². The molecule has 72 valence electrons. The summed E-state index contributed by atoms with van der Waals surface area (Å²) in [5, 5.41) is 0. The third-order valence-corrected chi connectivity index (χ3v) is 2.26. The highest BCUT2D eigenvalue weighted by Crippen LogP contribution is 2.23. The van der Waals surface area contributed by atoms with Gasteiger partial charge >= 0.3 is 5.97 Å². The van der Waals surface area contributed by atoms with Crippen LogP contribution in [0.4, 0.5) is 0 Å². The van der Waals surface area contributed by atoms with Crippen LogP contribution in [0.5, 0.6) is 0 Å². The topological polar surface area (TPSA) is 52.3 Å². The fraction of sp³-hybridized carbons (Fsp3) is 0.444. The van der Waals surface area contributed by atoms with E-state index in [1.54, 1.807) is 13.0 Å². The molecule has 0 heterocycles. The number of carbonyl (C=O) groups is 1. The summed E-state index contributed by atoms with van der Waals surface area (Å²) in [6.07, 6.45) is 3.01.